The summed E-state index contributed by atoms with van der Waals surface area (Å²) in [6, 6.07) is 1.60. The zero-order valence-electron chi connectivity index (χ0n) is 7.70. The summed E-state index contributed by atoms with van der Waals surface area (Å²) in [6.07, 6.45) is 2.94. The lowest BCUT2D eigenvalue weighted by molar-refractivity contribution is -0.380. The second kappa shape index (κ2) is 5.26. The number of allylic oxidation sites excluding steroid dienone is 1. The molecule has 0 radical (unpaired) electrons. The van der Waals surface area contributed by atoms with Gasteiger partial charge in [-0.3, -0.25) is 10.1 Å². The van der Waals surface area contributed by atoms with Gasteiger partial charge in [-0.05, 0) is 12.0 Å². The Hall–Kier alpha value is -0.680. The fourth-order valence-electron chi connectivity index (χ4n) is 0.981. The van der Waals surface area contributed by atoms with Crippen molar-refractivity contribution in [2.24, 2.45) is 0 Å². The molecule has 0 unspecified atom stereocenters. The summed E-state index contributed by atoms with van der Waals surface area (Å²) in [7, 11) is 0. The van der Waals surface area contributed by atoms with E-state index in [0.717, 1.165) is 28.7 Å². The van der Waals surface area contributed by atoms with Crippen molar-refractivity contribution in [3.05, 3.63) is 32.7 Å². The topological polar surface area (TPSA) is 43.1 Å². The molecule has 1 heterocycles. The molecule has 0 bridgehead atoms. The summed E-state index contributed by atoms with van der Waals surface area (Å²) < 4.78 is 0. The Balaban J connectivity index is 2.87. The lowest BCUT2D eigenvalue weighted by Gasteiger charge is -1.95. The fourth-order valence-corrected chi connectivity index (χ4v) is 2.22. The molecule has 3 nitrogen and oxygen atoms in total. The van der Waals surface area contributed by atoms with E-state index >= 15 is 0 Å². The van der Waals surface area contributed by atoms with Gasteiger partial charge in [0.05, 0.1) is 4.92 Å². The van der Waals surface area contributed by atoms with Crippen LogP contribution in [-0.2, 0) is 0 Å². The standard InChI is InChI=1S/C9H10BrNO2S/c1-2-7(5-10)3-8-4-9(11(12)13)14-6-8/h3-4,6H,2,5H2,1H3. The summed E-state index contributed by atoms with van der Waals surface area (Å²) in [6.45, 7) is 2.06. The van der Waals surface area contributed by atoms with Crippen LogP contribution in [0.15, 0.2) is 17.0 Å². The third-order valence-corrected chi connectivity index (χ3v) is 3.40. The highest BCUT2D eigenvalue weighted by molar-refractivity contribution is 9.09. The van der Waals surface area contributed by atoms with Crippen LogP contribution < -0.4 is 0 Å². The molecular formula is C9H10BrNO2S. The van der Waals surface area contributed by atoms with Gasteiger partial charge in [-0.2, -0.15) is 0 Å². The predicted molar refractivity (Wildman–Crippen MR) is 63.0 cm³/mol. The SMILES string of the molecule is CCC(=Cc1csc([N+](=O)[O-])c1)CBr. The van der Waals surface area contributed by atoms with E-state index in [1.165, 1.54) is 5.57 Å². The number of alkyl halides is 1. The monoisotopic (exact) mass is 275 g/mol. The van der Waals surface area contributed by atoms with Crippen molar-refractivity contribution in [2.45, 2.75) is 13.3 Å². The zero-order chi connectivity index (χ0) is 10.6. The lowest BCUT2D eigenvalue weighted by Crippen LogP contribution is -1.82. The molecule has 0 spiro atoms. The zero-order valence-corrected chi connectivity index (χ0v) is 10.1. The van der Waals surface area contributed by atoms with Gasteiger partial charge < -0.3 is 0 Å². The van der Waals surface area contributed by atoms with Crippen molar-refractivity contribution in [1.82, 2.24) is 0 Å². The lowest BCUT2D eigenvalue weighted by atomic mass is 10.2. The molecule has 0 atom stereocenters. The number of nitrogens with zero attached hydrogens (tertiary/aromatic N) is 1. The molecule has 0 saturated carbocycles. The first-order valence-electron chi connectivity index (χ1n) is 4.15. The van der Waals surface area contributed by atoms with Gasteiger partial charge in [-0.15, -0.1) is 0 Å². The van der Waals surface area contributed by atoms with E-state index in [0.29, 0.717) is 0 Å². The van der Waals surface area contributed by atoms with Crippen LogP contribution >= 0.6 is 27.3 Å². The molecule has 1 aromatic heterocycles. The molecule has 0 amide bonds. The van der Waals surface area contributed by atoms with Crippen molar-refractivity contribution < 1.29 is 4.92 Å². The van der Waals surface area contributed by atoms with Crippen LogP contribution in [0.1, 0.15) is 18.9 Å². The molecule has 0 fully saturated rings. The predicted octanol–water partition coefficient (Wildman–Crippen LogP) is 3.84. The highest BCUT2D eigenvalue weighted by atomic mass is 79.9. The van der Waals surface area contributed by atoms with Crippen LogP contribution in [0.2, 0.25) is 0 Å². The first-order chi connectivity index (χ1) is 6.67. The van der Waals surface area contributed by atoms with E-state index < -0.39 is 0 Å². The fraction of sp³-hybridized carbons (Fsp3) is 0.333. The number of thiophene rings is 1. The summed E-state index contributed by atoms with van der Waals surface area (Å²) in [5, 5.41) is 13.2. The molecule has 0 aliphatic rings. The normalized spacial score (nSPS) is 11.7. The molecular weight excluding hydrogens is 266 g/mol. The number of hydrogen-bond acceptors (Lipinski definition) is 3. The summed E-state index contributed by atoms with van der Waals surface area (Å²) in [4.78, 5) is 10.1. The summed E-state index contributed by atoms with van der Waals surface area (Å²) >= 11 is 4.53. The Morgan fingerprint density at radius 2 is 2.50 bits per heavy atom. The average Bonchev–Trinajstić information content (AvgIpc) is 2.62. The Morgan fingerprint density at radius 1 is 1.79 bits per heavy atom. The van der Waals surface area contributed by atoms with Crippen LogP contribution in [-0.4, -0.2) is 10.3 Å². The van der Waals surface area contributed by atoms with Crippen LogP contribution in [0.3, 0.4) is 0 Å². The van der Waals surface area contributed by atoms with Crippen LogP contribution in [0.4, 0.5) is 5.00 Å². The number of halogens is 1. The molecule has 14 heavy (non-hydrogen) atoms. The quantitative estimate of drug-likeness (QED) is 0.476. The van der Waals surface area contributed by atoms with Crippen molar-refractivity contribution >= 4 is 38.3 Å². The van der Waals surface area contributed by atoms with Crippen LogP contribution in [0.25, 0.3) is 6.08 Å². The minimum atomic E-state index is -0.359. The van der Waals surface area contributed by atoms with Crippen LogP contribution in [0.5, 0.6) is 0 Å². The molecule has 1 aromatic rings. The molecule has 1 rings (SSSR count). The summed E-state index contributed by atoms with van der Waals surface area (Å²) in [5.41, 5.74) is 2.15. The van der Waals surface area contributed by atoms with Gasteiger partial charge >= 0.3 is 5.00 Å². The van der Waals surface area contributed by atoms with Gasteiger partial charge in [0.2, 0.25) is 0 Å². The van der Waals surface area contributed by atoms with E-state index in [4.69, 9.17) is 0 Å². The second-order valence-electron chi connectivity index (χ2n) is 2.77. The van der Waals surface area contributed by atoms with Gasteiger partial charge in [-0.1, -0.05) is 45.8 Å². The highest BCUT2D eigenvalue weighted by Gasteiger charge is 2.08. The first kappa shape index (κ1) is 11.4. The molecule has 5 heteroatoms. The summed E-state index contributed by atoms with van der Waals surface area (Å²) in [5.74, 6) is 0. The second-order valence-corrected chi connectivity index (χ2v) is 4.22. The van der Waals surface area contributed by atoms with E-state index in [1.807, 2.05) is 6.08 Å². The Labute approximate surface area is 94.7 Å². The van der Waals surface area contributed by atoms with Crippen LogP contribution in [0, 0.1) is 10.1 Å². The maximum atomic E-state index is 10.4. The molecule has 0 N–H and O–H groups in total. The molecule has 0 aliphatic heterocycles. The van der Waals surface area contributed by atoms with Crippen molar-refractivity contribution in [3.8, 4) is 0 Å². The van der Waals surface area contributed by atoms with Crippen molar-refractivity contribution in [1.29, 1.82) is 0 Å². The maximum Gasteiger partial charge on any atom is 0.324 e. The molecule has 0 aliphatic carbocycles. The molecule has 0 saturated heterocycles. The average molecular weight is 276 g/mol. The maximum absolute atomic E-state index is 10.4. The van der Waals surface area contributed by atoms with E-state index in [9.17, 15) is 10.1 Å². The van der Waals surface area contributed by atoms with E-state index in [2.05, 4.69) is 22.9 Å². The molecule has 76 valence electrons. The van der Waals surface area contributed by atoms with Gasteiger partial charge in [0.15, 0.2) is 0 Å². The minimum absolute atomic E-state index is 0.196. The van der Waals surface area contributed by atoms with Crippen molar-refractivity contribution in [2.75, 3.05) is 5.33 Å². The highest BCUT2D eigenvalue weighted by Crippen LogP contribution is 2.24. The number of rotatable bonds is 4. The Kier molecular flexibility index (Phi) is 4.28. The van der Waals surface area contributed by atoms with Gasteiger partial charge in [0.25, 0.3) is 0 Å². The third kappa shape index (κ3) is 2.92. The van der Waals surface area contributed by atoms with Gasteiger partial charge in [-0.25, -0.2) is 0 Å². The molecule has 0 aromatic carbocycles. The van der Waals surface area contributed by atoms with Gasteiger partial charge in [0.1, 0.15) is 0 Å². The number of nitro groups is 1. The third-order valence-electron chi connectivity index (χ3n) is 1.78. The Morgan fingerprint density at radius 3 is 2.93 bits per heavy atom. The minimum Gasteiger partial charge on any atom is -0.258 e. The Bertz CT molecular complexity index is 353. The van der Waals surface area contributed by atoms with E-state index in [-0.39, 0.29) is 9.92 Å². The van der Waals surface area contributed by atoms with E-state index in [1.54, 1.807) is 11.4 Å². The smallest absolute Gasteiger partial charge is 0.258 e. The largest absolute Gasteiger partial charge is 0.324 e. The first-order valence-corrected chi connectivity index (χ1v) is 6.15. The van der Waals surface area contributed by atoms with Crippen molar-refractivity contribution in [3.63, 3.8) is 0 Å². The van der Waals surface area contributed by atoms with Gasteiger partial charge in [0, 0.05) is 16.8 Å². The number of hydrogen-bond donors (Lipinski definition) is 0.